The average molecular weight is 197 g/mol. The largest absolute Gasteiger partial charge is 0.465 e. The van der Waals surface area contributed by atoms with Crippen molar-refractivity contribution in [1.29, 1.82) is 0 Å². The van der Waals surface area contributed by atoms with Crippen LogP contribution in [0.4, 0.5) is 5.82 Å². The van der Waals surface area contributed by atoms with Crippen LogP contribution in [0.5, 0.6) is 0 Å². The van der Waals surface area contributed by atoms with Crippen LogP contribution in [0.2, 0.25) is 5.15 Å². The number of esters is 1. The Kier molecular flexibility index (Phi) is 2.83. The number of halogens is 1. The van der Waals surface area contributed by atoms with Crippen LogP contribution in [0.3, 0.4) is 0 Å². The van der Waals surface area contributed by atoms with Crippen LogP contribution in [0.15, 0.2) is 12.1 Å². The van der Waals surface area contributed by atoms with E-state index in [-0.39, 0.29) is 16.5 Å². The van der Waals surface area contributed by atoms with Crippen LogP contribution in [-0.4, -0.2) is 18.1 Å². The molecule has 0 bridgehead atoms. The Labute approximate surface area is 79.9 Å². The number of carbonyl (C=O) groups is 1. The Bertz CT molecular complexity index is 384. The zero-order chi connectivity index (χ0) is 9.84. The zero-order valence-corrected chi connectivity index (χ0v) is 7.50. The molecule has 0 fully saturated rings. The average Bonchev–Trinajstić information content (AvgIpc) is 2.16. The maximum atomic E-state index is 11.0. The molecule has 0 N–H and O–H groups in total. The molecule has 1 aromatic heterocycles. The lowest BCUT2D eigenvalue weighted by molar-refractivity contribution is 0.0600. The fourth-order valence-electron chi connectivity index (χ4n) is 0.749. The highest BCUT2D eigenvalue weighted by Crippen LogP contribution is 2.18. The second kappa shape index (κ2) is 3.87. The SMILES string of the molecule is [C-]#[N+]c1ccc(C(=O)OC)c(Cl)n1. The van der Waals surface area contributed by atoms with Gasteiger partial charge >= 0.3 is 5.97 Å². The summed E-state index contributed by atoms with van der Waals surface area (Å²) in [5, 5.41) is -0.0136. The predicted molar refractivity (Wildman–Crippen MR) is 46.8 cm³/mol. The summed E-state index contributed by atoms with van der Waals surface area (Å²) in [6.45, 7) is 6.65. The Hall–Kier alpha value is -1.60. The van der Waals surface area contributed by atoms with Gasteiger partial charge in [-0.05, 0) is 17.7 Å². The lowest BCUT2D eigenvalue weighted by Crippen LogP contribution is -2.02. The van der Waals surface area contributed by atoms with Gasteiger partial charge < -0.3 is 9.58 Å². The van der Waals surface area contributed by atoms with Gasteiger partial charge in [0.25, 0.3) is 5.82 Å². The highest BCUT2D eigenvalue weighted by molar-refractivity contribution is 6.32. The number of nitrogens with zero attached hydrogens (tertiary/aromatic N) is 2. The van der Waals surface area contributed by atoms with Crippen molar-refractivity contribution in [2.45, 2.75) is 0 Å². The number of aromatic nitrogens is 1. The van der Waals surface area contributed by atoms with E-state index in [9.17, 15) is 4.79 Å². The van der Waals surface area contributed by atoms with Gasteiger partial charge in [-0.15, -0.1) is 4.98 Å². The number of rotatable bonds is 1. The molecule has 1 aromatic rings. The van der Waals surface area contributed by atoms with Gasteiger partial charge in [-0.3, -0.25) is 0 Å². The number of methoxy groups -OCH3 is 1. The molecule has 0 aromatic carbocycles. The first-order valence-corrected chi connectivity index (χ1v) is 3.69. The van der Waals surface area contributed by atoms with E-state index < -0.39 is 5.97 Å². The third-order valence-electron chi connectivity index (χ3n) is 1.35. The maximum Gasteiger partial charge on any atom is 0.343 e. The van der Waals surface area contributed by atoms with Gasteiger partial charge in [0.2, 0.25) is 5.15 Å². The molecule has 1 heterocycles. The van der Waals surface area contributed by atoms with Crippen molar-refractivity contribution in [2.24, 2.45) is 0 Å². The molecular weight excluding hydrogens is 192 g/mol. The van der Waals surface area contributed by atoms with Crippen molar-refractivity contribution >= 4 is 23.4 Å². The topological polar surface area (TPSA) is 43.5 Å². The van der Waals surface area contributed by atoms with Crippen LogP contribution in [-0.2, 0) is 4.74 Å². The summed E-state index contributed by atoms with van der Waals surface area (Å²) in [6, 6.07) is 2.82. The molecule has 0 spiro atoms. The van der Waals surface area contributed by atoms with E-state index >= 15 is 0 Å². The maximum absolute atomic E-state index is 11.0. The molecule has 0 saturated carbocycles. The van der Waals surface area contributed by atoms with E-state index in [4.69, 9.17) is 18.2 Å². The smallest absolute Gasteiger partial charge is 0.343 e. The summed E-state index contributed by atoms with van der Waals surface area (Å²) >= 11 is 5.63. The monoisotopic (exact) mass is 196 g/mol. The van der Waals surface area contributed by atoms with Gasteiger partial charge in [-0.25, -0.2) is 4.79 Å². The molecule has 0 unspecified atom stereocenters. The van der Waals surface area contributed by atoms with Gasteiger partial charge in [-0.2, -0.15) is 0 Å². The molecule has 0 aliphatic rings. The first-order valence-electron chi connectivity index (χ1n) is 3.31. The minimum Gasteiger partial charge on any atom is -0.465 e. The fraction of sp³-hybridized carbons (Fsp3) is 0.125. The highest BCUT2D eigenvalue weighted by Gasteiger charge is 2.14. The van der Waals surface area contributed by atoms with E-state index in [2.05, 4.69) is 14.6 Å². The Morgan fingerprint density at radius 1 is 1.69 bits per heavy atom. The molecule has 13 heavy (non-hydrogen) atoms. The molecule has 5 heteroatoms. The summed E-state index contributed by atoms with van der Waals surface area (Å²) in [4.78, 5) is 17.7. The number of hydrogen-bond acceptors (Lipinski definition) is 3. The van der Waals surface area contributed by atoms with Crippen LogP contribution < -0.4 is 0 Å². The van der Waals surface area contributed by atoms with Gasteiger partial charge in [0.15, 0.2) is 0 Å². The minimum absolute atomic E-state index is 0.0136. The fourth-order valence-corrected chi connectivity index (χ4v) is 0.976. The van der Waals surface area contributed by atoms with E-state index in [0.717, 1.165) is 0 Å². The van der Waals surface area contributed by atoms with Gasteiger partial charge in [0, 0.05) is 0 Å². The first kappa shape index (κ1) is 9.49. The summed E-state index contributed by atoms with van der Waals surface area (Å²) < 4.78 is 4.45. The molecule has 0 amide bonds. The zero-order valence-electron chi connectivity index (χ0n) is 6.74. The Morgan fingerprint density at radius 2 is 2.38 bits per heavy atom. The van der Waals surface area contributed by atoms with Crippen molar-refractivity contribution in [3.63, 3.8) is 0 Å². The second-order valence-corrected chi connectivity index (χ2v) is 2.47. The van der Waals surface area contributed by atoms with Crippen LogP contribution >= 0.6 is 11.6 Å². The Morgan fingerprint density at radius 3 is 2.85 bits per heavy atom. The van der Waals surface area contributed by atoms with Crippen molar-refractivity contribution in [3.8, 4) is 0 Å². The second-order valence-electron chi connectivity index (χ2n) is 2.11. The van der Waals surface area contributed by atoms with Crippen LogP contribution in [0.25, 0.3) is 4.85 Å². The van der Waals surface area contributed by atoms with Crippen molar-refractivity contribution in [3.05, 3.63) is 34.3 Å². The number of hydrogen-bond donors (Lipinski definition) is 0. The summed E-state index contributed by atoms with van der Waals surface area (Å²) in [6.07, 6.45) is 0. The lowest BCUT2D eigenvalue weighted by atomic mass is 10.3. The van der Waals surface area contributed by atoms with Crippen molar-refractivity contribution in [1.82, 2.24) is 4.98 Å². The molecule has 0 atom stereocenters. The number of pyridine rings is 1. The quantitative estimate of drug-likeness (QED) is 0.392. The first-order chi connectivity index (χ1) is 6.19. The third-order valence-corrected chi connectivity index (χ3v) is 1.64. The van der Waals surface area contributed by atoms with Crippen LogP contribution in [0, 0.1) is 6.57 Å². The Balaban J connectivity index is 3.14. The molecule has 0 aliphatic carbocycles. The normalized spacial score (nSPS) is 9.00. The lowest BCUT2D eigenvalue weighted by Gasteiger charge is -1.97. The van der Waals surface area contributed by atoms with E-state index in [1.165, 1.54) is 19.2 Å². The van der Waals surface area contributed by atoms with Crippen LogP contribution in [0.1, 0.15) is 10.4 Å². The molecule has 4 nitrogen and oxygen atoms in total. The molecule has 0 aliphatic heterocycles. The van der Waals surface area contributed by atoms with E-state index in [1.807, 2.05) is 0 Å². The van der Waals surface area contributed by atoms with Gasteiger partial charge in [0.05, 0.1) is 7.11 Å². The van der Waals surface area contributed by atoms with E-state index in [0.29, 0.717) is 0 Å². The number of carbonyl (C=O) groups excluding carboxylic acids is 1. The van der Waals surface area contributed by atoms with Gasteiger partial charge in [0.1, 0.15) is 5.56 Å². The third kappa shape index (κ3) is 1.95. The highest BCUT2D eigenvalue weighted by atomic mass is 35.5. The summed E-state index contributed by atoms with van der Waals surface area (Å²) in [5.74, 6) is -0.410. The summed E-state index contributed by atoms with van der Waals surface area (Å²) in [7, 11) is 1.25. The molecule has 66 valence electrons. The summed E-state index contributed by atoms with van der Waals surface area (Å²) in [5.41, 5.74) is 0.163. The predicted octanol–water partition coefficient (Wildman–Crippen LogP) is 2.07. The van der Waals surface area contributed by atoms with Crippen molar-refractivity contribution in [2.75, 3.05) is 7.11 Å². The molecule has 0 saturated heterocycles. The molecule has 1 rings (SSSR count). The van der Waals surface area contributed by atoms with E-state index in [1.54, 1.807) is 0 Å². The molecular formula is C8H5ClN2O2. The standard InChI is InChI=1S/C8H5ClN2O2/c1-10-6-4-3-5(7(9)11-6)8(12)13-2/h3-4H,2H3. The minimum atomic E-state index is -0.561. The molecule has 0 radical (unpaired) electrons. The number of ether oxygens (including phenoxy) is 1. The van der Waals surface area contributed by atoms with Crippen molar-refractivity contribution < 1.29 is 9.53 Å². The van der Waals surface area contributed by atoms with Gasteiger partial charge in [-0.1, -0.05) is 12.6 Å².